The highest BCUT2D eigenvalue weighted by Crippen LogP contribution is 2.37. The lowest BCUT2D eigenvalue weighted by Crippen LogP contribution is -2.55. The van der Waals surface area contributed by atoms with Crippen molar-refractivity contribution in [2.45, 2.75) is 51.1 Å². The van der Waals surface area contributed by atoms with Crippen LogP contribution in [0.3, 0.4) is 0 Å². The summed E-state index contributed by atoms with van der Waals surface area (Å²) in [4.78, 5) is 24.2. The first-order chi connectivity index (χ1) is 11.5. The molecule has 4 unspecified atom stereocenters. The second-order valence-electron chi connectivity index (χ2n) is 6.82. The number of carbonyl (C=O) groups is 2. The summed E-state index contributed by atoms with van der Waals surface area (Å²) in [5, 5.41) is 6.17. The van der Waals surface area contributed by atoms with Crippen LogP contribution in [0.2, 0.25) is 5.02 Å². The molecule has 1 aliphatic carbocycles. The molecule has 1 aliphatic heterocycles. The molecule has 2 amide bonds. The molecule has 0 bridgehead atoms. The summed E-state index contributed by atoms with van der Waals surface area (Å²) in [5.74, 6) is 0.282. The van der Waals surface area contributed by atoms with E-state index in [9.17, 15) is 14.0 Å². The second kappa shape index (κ2) is 7.09. The molecule has 4 nitrogen and oxygen atoms in total. The van der Waals surface area contributed by atoms with Crippen LogP contribution in [0, 0.1) is 17.7 Å². The van der Waals surface area contributed by atoms with Crippen molar-refractivity contribution < 1.29 is 14.0 Å². The zero-order valence-corrected chi connectivity index (χ0v) is 14.4. The highest BCUT2D eigenvalue weighted by Gasteiger charge is 2.40. The Bertz CT molecular complexity index is 652. The lowest BCUT2D eigenvalue weighted by Gasteiger charge is -2.44. The van der Waals surface area contributed by atoms with E-state index in [1.807, 2.05) is 0 Å². The summed E-state index contributed by atoms with van der Waals surface area (Å²) in [6.07, 6.45) is 4.23. The van der Waals surface area contributed by atoms with Gasteiger partial charge in [0.25, 0.3) is 5.91 Å². The zero-order chi connectivity index (χ0) is 17.3. The Morgan fingerprint density at radius 2 is 2.21 bits per heavy atom. The second-order valence-corrected chi connectivity index (χ2v) is 7.23. The van der Waals surface area contributed by atoms with Gasteiger partial charge in [0.2, 0.25) is 5.91 Å². The molecule has 0 aromatic heterocycles. The SMILES string of the molecule is CCC1CC(=O)NC2CC(NC(=O)c3ccc(F)cc3Cl)CCC12. The van der Waals surface area contributed by atoms with Crippen molar-refractivity contribution in [3.63, 3.8) is 0 Å². The number of benzene rings is 1. The third-order valence-electron chi connectivity index (χ3n) is 5.34. The smallest absolute Gasteiger partial charge is 0.253 e. The standard InChI is InChI=1S/C18H22ClFN2O2/c1-2-10-7-17(23)22-16-9-12(4-6-13(10)16)21-18(24)14-5-3-11(20)8-15(14)19/h3,5,8,10,12-13,16H,2,4,6-7,9H2,1H3,(H,21,24)(H,22,23). The van der Waals surface area contributed by atoms with Crippen LogP contribution in [0.1, 0.15) is 49.4 Å². The van der Waals surface area contributed by atoms with Crippen molar-refractivity contribution in [3.8, 4) is 0 Å². The Balaban J connectivity index is 1.65. The first-order valence-corrected chi connectivity index (χ1v) is 8.91. The van der Waals surface area contributed by atoms with Gasteiger partial charge in [-0.1, -0.05) is 24.9 Å². The first kappa shape index (κ1) is 17.2. The molecule has 0 radical (unpaired) electrons. The van der Waals surface area contributed by atoms with Crippen LogP contribution in [0.4, 0.5) is 4.39 Å². The molecule has 2 fully saturated rings. The number of hydrogen-bond acceptors (Lipinski definition) is 2. The summed E-state index contributed by atoms with van der Waals surface area (Å²) in [7, 11) is 0. The van der Waals surface area contributed by atoms with Gasteiger partial charge in [0, 0.05) is 18.5 Å². The third-order valence-corrected chi connectivity index (χ3v) is 5.65. The van der Waals surface area contributed by atoms with Crippen molar-refractivity contribution in [2.75, 3.05) is 0 Å². The minimum atomic E-state index is -0.465. The van der Waals surface area contributed by atoms with Crippen LogP contribution in [0.15, 0.2) is 18.2 Å². The maximum Gasteiger partial charge on any atom is 0.253 e. The van der Waals surface area contributed by atoms with Crippen LogP contribution in [-0.2, 0) is 4.79 Å². The van der Waals surface area contributed by atoms with Gasteiger partial charge in [-0.15, -0.1) is 0 Å². The zero-order valence-electron chi connectivity index (χ0n) is 13.6. The van der Waals surface area contributed by atoms with E-state index in [4.69, 9.17) is 11.6 Å². The van der Waals surface area contributed by atoms with Gasteiger partial charge >= 0.3 is 0 Å². The lowest BCUT2D eigenvalue weighted by molar-refractivity contribution is -0.127. The predicted octanol–water partition coefficient (Wildman–Crippen LogP) is 3.29. The van der Waals surface area contributed by atoms with Crippen molar-refractivity contribution >= 4 is 23.4 Å². The molecular weight excluding hydrogens is 331 g/mol. The van der Waals surface area contributed by atoms with Gasteiger partial charge < -0.3 is 10.6 Å². The minimum absolute atomic E-state index is 0.00391. The molecule has 2 N–H and O–H groups in total. The molecule has 130 valence electrons. The van der Waals surface area contributed by atoms with E-state index < -0.39 is 5.82 Å². The van der Waals surface area contributed by atoms with Gasteiger partial charge in [-0.25, -0.2) is 4.39 Å². The summed E-state index contributed by atoms with van der Waals surface area (Å²) in [5.41, 5.74) is 0.277. The van der Waals surface area contributed by atoms with E-state index in [1.165, 1.54) is 12.1 Å². The molecule has 24 heavy (non-hydrogen) atoms. The number of halogens is 2. The van der Waals surface area contributed by atoms with E-state index in [0.717, 1.165) is 31.7 Å². The average Bonchev–Trinajstić information content (AvgIpc) is 2.53. The number of amides is 2. The Kier molecular flexibility index (Phi) is 5.09. The van der Waals surface area contributed by atoms with Gasteiger partial charge in [0.05, 0.1) is 10.6 Å². The van der Waals surface area contributed by atoms with E-state index in [2.05, 4.69) is 17.6 Å². The largest absolute Gasteiger partial charge is 0.353 e. The molecular formula is C18H22ClFN2O2. The number of rotatable bonds is 3. The highest BCUT2D eigenvalue weighted by atomic mass is 35.5. The summed E-state index contributed by atoms with van der Waals surface area (Å²) in [6, 6.07) is 3.88. The van der Waals surface area contributed by atoms with Crippen LogP contribution in [0.5, 0.6) is 0 Å². The molecule has 1 saturated carbocycles. The van der Waals surface area contributed by atoms with Crippen molar-refractivity contribution in [1.82, 2.24) is 10.6 Å². The minimum Gasteiger partial charge on any atom is -0.353 e. The number of fused-ring (bicyclic) bond motifs is 1. The summed E-state index contributed by atoms with van der Waals surface area (Å²) >= 11 is 5.95. The highest BCUT2D eigenvalue weighted by molar-refractivity contribution is 6.33. The molecule has 6 heteroatoms. The fourth-order valence-electron chi connectivity index (χ4n) is 4.09. The number of piperidine rings is 1. The fourth-order valence-corrected chi connectivity index (χ4v) is 4.35. The van der Waals surface area contributed by atoms with Gasteiger partial charge in [-0.2, -0.15) is 0 Å². The topological polar surface area (TPSA) is 58.2 Å². The number of hydrogen-bond donors (Lipinski definition) is 2. The fraction of sp³-hybridized carbons (Fsp3) is 0.556. The lowest BCUT2D eigenvalue weighted by atomic mass is 9.70. The average molecular weight is 353 g/mol. The Hall–Kier alpha value is -1.62. The number of carbonyl (C=O) groups excluding carboxylic acids is 2. The monoisotopic (exact) mass is 352 g/mol. The molecule has 1 aromatic rings. The summed E-state index contributed by atoms with van der Waals surface area (Å²) < 4.78 is 13.1. The van der Waals surface area contributed by atoms with Crippen LogP contribution < -0.4 is 10.6 Å². The van der Waals surface area contributed by atoms with Gasteiger partial charge in [0.15, 0.2) is 0 Å². The maximum atomic E-state index is 13.1. The molecule has 1 saturated heterocycles. The molecule has 3 rings (SSSR count). The quantitative estimate of drug-likeness (QED) is 0.877. The van der Waals surface area contributed by atoms with Crippen LogP contribution >= 0.6 is 11.6 Å². The normalized spacial score (nSPS) is 29.5. The Morgan fingerprint density at radius 3 is 2.92 bits per heavy atom. The Labute approximate surface area is 146 Å². The van der Waals surface area contributed by atoms with Crippen molar-refractivity contribution in [2.24, 2.45) is 11.8 Å². The molecule has 1 heterocycles. The van der Waals surface area contributed by atoms with E-state index in [0.29, 0.717) is 18.3 Å². The van der Waals surface area contributed by atoms with E-state index in [-0.39, 0.29) is 34.5 Å². The van der Waals surface area contributed by atoms with Gasteiger partial charge in [-0.3, -0.25) is 9.59 Å². The first-order valence-electron chi connectivity index (χ1n) is 8.53. The van der Waals surface area contributed by atoms with E-state index >= 15 is 0 Å². The van der Waals surface area contributed by atoms with Gasteiger partial charge in [-0.05, 0) is 49.3 Å². The van der Waals surface area contributed by atoms with Gasteiger partial charge in [0.1, 0.15) is 5.82 Å². The number of nitrogens with one attached hydrogen (secondary N) is 2. The molecule has 2 aliphatic rings. The molecule has 0 spiro atoms. The molecule has 1 aromatic carbocycles. The molecule has 4 atom stereocenters. The van der Waals surface area contributed by atoms with Crippen LogP contribution in [-0.4, -0.2) is 23.9 Å². The van der Waals surface area contributed by atoms with Crippen molar-refractivity contribution in [1.29, 1.82) is 0 Å². The van der Waals surface area contributed by atoms with Crippen LogP contribution in [0.25, 0.3) is 0 Å². The maximum absolute atomic E-state index is 13.1. The predicted molar refractivity (Wildman–Crippen MR) is 90.3 cm³/mol. The third kappa shape index (κ3) is 3.56. The van der Waals surface area contributed by atoms with Crippen molar-refractivity contribution in [3.05, 3.63) is 34.6 Å². The summed E-state index contributed by atoms with van der Waals surface area (Å²) in [6.45, 7) is 2.13. The Morgan fingerprint density at radius 1 is 1.42 bits per heavy atom. The van der Waals surface area contributed by atoms with E-state index in [1.54, 1.807) is 0 Å².